The molecule has 0 saturated carbocycles. The molecule has 0 fully saturated rings. The van der Waals surface area contributed by atoms with Crippen molar-refractivity contribution in [1.29, 1.82) is 0 Å². The minimum Gasteiger partial charge on any atom is -0.493 e. The van der Waals surface area contributed by atoms with E-state index >= 15 is 0 Å². The molecule has 0 saturated heterocycles. The fraction of sp³-hybridized carbons (Fsp3) is 0.500. The Balaban J connectivity index is 2.86. The van der Waals surface area contributed by atoms with E-state index in [9.17, 15) is 4.79 Å². The molecule has 0 heterocycles. The molecule has 0 aliphatic carbocycles. The second-order valence-corrected chi connectivity index (χ2v) is 4.12. The highest BCUT2D eigenvalue weighted by Gasteiger charge is 2.16. The van der Waals surface area contributed by atoms with E-state index in [1.165, 1.54) is 0 Å². The van der Waals surface area contributed by atoms with E-state index in [-0.39, 0.29) is 11.7 Å². The lowest BCUT2D eigenvalue weighted by atomic mass is 9.96. The average molecular weight is 252 g/mol. The molecule has 18 heavy (non-hydrogen) atoms. The van der Waals surface area contributed by atoms with Crippen molar-refractivity contribution in [2.45, 2.75) is 13.3 Å². The molecule has 1 rings (SSSR count). The number of hydrogen-bond donors (Lipinski definition) is 0. The van der Waals surface area contributed by atoms with Gasteiger partial charge in [0.1, 0.15) is 0 Å². The molecule has 1 aromatic rings. The Bertz CT molecular complexity index is 401. The van der Waals surface area contributed by atoms with Gasteiger partial charge in [-0.25, -0.2) is 0 Å². The maximum absolute atomic E-state index is 12.2. The fourth-order valence-corrected chi connectivity index (χ4v) is 1.70. The number of rotatable bonds is 7. The molecule has 0 N–H and O–H groups in total. The third kappa shape index (κ3) is 3.47. The largest absolute Gasteiger partial charge is 0.493 e. The summed E-state index contributed by atoms with van der Waals surface area (Å²) < 4.78 is 15.3. The minimum absolute atomic E-state index is 0.0666. The van der Waals surface area contributed by atoms with Crippen LogP contribution in [-0.4, -0.2) is 33.7 Å². The van der Waals surface area contributed by atoms with E-state index in [1.807, 2.05) is 6.92 Å². The molecule has 1 aromatic carbocycles. The number of methoxy groups -OCH3 is 3. The smallest absolute Gasteiger partial charge is 0.165 e. The number of ketones is 1. The summed E-state index contributed by atoms with van der Waals surface area (Å²) in [6.45, 7) is 2.48. The van der Waals surface area contributed by atoms with Gasteiger partial charge in [0, 0.05) is 25.2 Å². The summed E-state index contributed by atoms with van der Waals surface area (Å²) in [6, 6.07) is 5.21. The van der Waals surface area contributed by atoms with Crippen LogP contribution in [0.15, 0.2) is 18.2 Å². The normalized spacial score (nSPS) is 12.0. The highest BCUT2D eigenvalue weighted by atomic mass is 16.5. The Hall–Kier alpha value is -1.55. The summed E-state index contributed by atoms with van der Waals surface area (Å²) in [5, 5.41) is 0. The summed E-state index contributed by atoms with van der Waals surface area (Å²) in [6.07, 6.45) is 0.712. The number of carbonyl (C=O) groups is 1. The van der Waals surface area contributed by atoms with Crippen LogP contribution in [0.25, 0.3) is 0 Å². The van der Waals surface area contributed by atoms with Gasteiger partial charge in [-0.2, -0.15) is 0 Å². The maximum Gasteiger partial charge on any atom is 0.165 e. The molecule has 0 radical (unpaired) electrons. The van der Waals surface area contributed by atoms with Crippen molar-refractivity contribution in [3.05, 3.63) is 23.8 Å². The Labute approximate surface area is 108 Å². The monoisotopic (exact) mass is 252 g/mol. The summed E-state index contributed by atoms with van der Waals surface area (Å²) in [7, 11) is 4.76. The zero-order valence-electron chi connectivity index (χ0n) is 11.4. The van der Waals surface area contributed by atoms with Gasteiger partial charge in [-0.1, -0.05) is 6.92 Å². The van der Waals surface area contributed by atoms with Crippen LogP contribution in [0.2, 0.25) is 0 Å². The van der Waals surface area contributed by atoms with Crippen molar-refractivity contribution >= 4 is 5.78 Å². The lowest BCUT2D eigenvalue weighted by molar-refractivity contribution is 0.0893. The summed E-state index contributed by atoms with van der Waals surface area (Å²) in [5.74, 6) is 1.22. The van der Waals surface area contributed by atoms with E-state index in [1.54, 1.807) is 39.5 Å². The van der Waals surface area contributed by atoms with Crippen LogP contribution in [0.4, 0.5) is 0 Å². The van der Waals surface area contributed by atoms with Gasteiger partial charge in [0.25, 0.3) is 0 Å². The van der Waals surface area contributed by atoms with Crippen LogP contribution in [0.5, 0.6) is 11.5 Å². The van der Waals surface area contributed by atoms with Gasteiger partial charge in [0.15, 0.2) is 17.3 Å². The second-order valence-electron chi connectivity index (χ2n) is 4.12. The molecule has 0 aliphatic rings. The summed E-state index contributed by atoms with van der Waals surface area (Å²) >= 11 is 0. The lowest BCUT2D eigenvalue weighted by Crippen LogP contribution is -2.13. The molecule has 0 bridgehead atoms. The molecule has 4 heteroatoms. The molecule has 0 amide bonds. The number of hydrogen-bond acceptors (Lipinski definition) is 4. The molecule has 0 aromatic heterocycles. The van der Waals surface area contributed by atoms with Crippen LogP contribution in [0, 0.1) is 5.92 Å². The van der Waals surface area contributed by atoms with Crippen molar-refractivity contribution in [3.8, 4) is 11.5 Å². The number of carbonyl (C=O) groups excluding carboxylic acids is 1. The van der Waals surface area contributed by atoms with Crippen molar-refractivity contribution in [2.24, 2.45) is 5.92 Å². The van der Waals surface area contributed by atoms with Crippen LogP contribution >= 0.6 is 0 Å². The van der Waals surface area contributed by atoms with Crippen molar-refractivity contribution < 1.29 is 19.0 Å². The van der Waals surface area contributed by atoms with Crippen molar-refractivity contribution in [1.82, 2.24) is 0 Å². The Morgan fingerprint density at radius 2 is 1.83 bits per heavy atom. The zero-order valence-corrected chi connectivity index (χ0v) is 11.4. The second kappa shape index (κ2) is 7.01. The number of ether oxygens (including phenoxy) is 3. The third-order valence-corrected chi connectivity index (χ3v) is 2.87. The Morgan fingerprint density at radius 1 is 1.17 bits per heavy atom. The molecule has 0 spiro atoms. The zero-order chi connectivity index (χ0) is 13.5. The fourth-order valence-electron chi connectivity index (χ4n) is 1.70. The van der Waals surface area contributed by atoms with E-state index in [0.717, 1.165) is 0 Å². The minimum atomic E-state index is -0.0666. The van der Waals surface area contributed by atoms with Crippen molar-refractivity contribution in [3.63, 3.8) is 0 Å². The van der Waals surface area contributed by atoms with Crippen molar-refractivity contribution in [2.75, 3.05) is 27.9 Å². The standard InChI is InChI=1S/C14H20O4/c1-10(7-8-16-2)14(15)11-5-6-12(17-3)13(9-11)18-4/h5-6,9-10H,7-8H2,1-4H3. The quantitative estimate of drug-likeness (QED) is 0.700. The first-order chi connectivity index (χ1) is 8.63. The van der Waals surface area contributed by atoms with Gasteiger partial charge < -0.3 is 14.2 Å². The molecule has 100 valence electrons. The number of Topliss-reactive ketones (excluding diaryl/α,β-unsaturated/α-hetero) is 1. The Morgan fingerprint density at radius 3 is 2.39 bits per heavy atom. The molecule has 1 atom stereocenters. The lowest BCUT2D eigenvalue weighted by Gasteiger charge is -2.12. The average Bonchev–Trinajstić information content (AvgIpc) is 2.42. The number of benzene rings is 1. The van der Waals surface area contributed by atoms with Crippen LogP contribution in [0.3, 0.4) is 0 Å². The molecule has 4 nitrogen and oxygen atoms in total. The van der Waals surface area contributed by atoms with E-state index in [2.05, 4.69) is 0 Å². The van der Waals surface area contributed by atoms with Gasteiger partial charge in [-0.3, -0.25) is 4.79 Å². The highest BCUT2D eigenvalue weighted by molar-refractivity contribution is 5.98. The van der Waals surface area contributed by atoms with Gasteiger partial charge in [0.2, 0.25) is 0 Å². The van der Waals surface area contributed by atoms with Gasteiger partial charge in [0.05, 0.1) is 14.2 Å². The first-order valence-corrected chi connectivity index (χ1v) is 5.89. The Kier molecular flexibility index (Phi) is 5.65. The van der Waals surface area contributed by atoms with Gasteiger partial charge in [-0.05, 0) is 24.6 Å². The van der Waals surface area contributed by atoms with E-state index < -0.39 is 0 Å². The maximum atomic E-state index is 12.2. The highest BCUT2D eigenvalue weighted by Crippen LogP contribution is 2.28. The summed E-state index contributed by atoms with van der Waals surface area (Å²) in [5.41, 5.74) is 0.635. The van der Waals surface area contributed by atoms with E-state index in [4.69, 9.17) is 14.2 Å². The SMILES string of the molecule is COCCC(C)C(=O)c1ccc(OC)c(OC)c1. The van der Waals surface area contributed by atoms with Gasteiger partial charge >= 0.3 is 0 Å². The molecular weight excluding hydrogens is 232 g/mol. The molecule has 1 unspecified atom stereocenters. The first-order valence-electron chi connectivity index (χ1n) is 5.89. The topological polar surface area (TPSA) is 44.8 Å². The summed E-state index contributed by atoms with van der Waals surface area (Å²) in [4.78, 5) is 12.2. The predicted molar refractivity (Wildman–Crippen MR) is 69.5 cm³/mol. The van der Waals surface area contributed by atoms with E-state index in [0.29, 0.717) is 30.1 Å². The first kappa shape index (κ1) is 14.5. The van der Waals surface area contributed by atoms with Gasteiger partial charge in [-0.15, -0.1) is 0 Å². The molecule has 0 aliphatic heterocycles. The van der Waals surface area contributed by atoms with Crippen LogP contribution in [0.1, 0.15) is 23.7 Å². The predicted octanol–water partition coefficient (Wildman–Crippen LogP) is 2.56. The van der Waals surface area contributed by atoms with Crippen LogP contribution < -0.4 is 9.47 Å². The van der Waals surface area contributed by atoms with Crippen LogP contribution in [-0.2, 0) is 4.74 Å². The molecular formula is C14H20O4. The third-order valence-electron chi connectivity index (χ3n) is 2.87.